The zero-order chi connectivity index (χ0) is 30.4. The molecule has 4 atom stereocenters. The van der Waals surface area contributed by atoms with E-state index in [-0.39, 0.29) is 19.2 Å². The number of carbonyl (C=O) groups excluding carboxylic acids is 1. The molecule has 1 aliphatic rings. The molecule has 1 aliphatic heterocycles. The number of aliphatic hydroxyl groups is 4. The minimum absolute atomic E-state index is 0.0186. The van der Waals surface area contributed by atoms with E-state index in [4.69, 9.17) is 14.6 Å². The highest BCUT2D eigenvalue weighted by molar-refractivity contribution is 5.69. The maximum Gasteiger partial charge on any atom is 0.305 e. The maximum absolute atomic E-state index is 11.6. The van der Waals surface area contributed by atoms with Crippen LogP contribution >= 0.6 is 0 Å². The predicted molar refractivity (Wildman–Crippen MR) is 168 cm³/mol. The van der Waals surface area contributed by atoms with E-state index in [1.807, 2.05) is 0 Å². The molecular formula is C34H68O7. The lowest BCUT2D eigenvalue weighted by atomic mass is 10.0. The van der Waals surface area contributed by atoms with Crippen LogP contribution in [0.2, 0.25) is 0 Å². The van der Waals surface area contributed by atoms with Gasteiger partial charge in [-0.05, 0) is 12.8 Å². The molecular weight excluding hydrogens is 520 g/mol. The fourth-order valence-electron chi connectivity index (χ4n) is 5.20. The first-order chi connectivity index (χ1) is 20.0. The fraction of sp³-hybridized carbons (Fsp3) is 0.971. The highest BCUT2D eigenvalue weighted by atomic mass is 16.6. The number of unbranched alkanes of at least 4 members (excludes halogenated alkanes) is 21. The molecule has 4 N–H and O–H groups in total. The third-order valence-corrected chi connectivity index (χ3v) is 7.98. The smallest absolute Gasteiger partial charge is 0.305 e. The van der Waals surface area contributed by atoms with Crippen LogP contribution in [0.1, 0.15) is 168 Å². The SMILES string of the molecule is CCCCCCCCCCCC(=O)OC[C@@H](O)[C@H]1OC[C@H](O)[C@H]1O.CCCCCCCCCCCCCCCCO. The Hall–Kier alpha value is -0.730. The van der Waals surface area contributed by atoms with Gasteiger partial charge in [0.15, 0.2) is 0 Å². The third-order valence-electron chi connectivity index (χ3n) is 7.98. The van der Waals surface area contributed by atoms with Crippen LogP contribution in [-0.4, -0.2) is 70.6 Å². The summed E-state index contributed by atoms with van der Waals surface area (Å²) in [7, 11) is 0. The topological polar surface area (TPSA) is 116 Å². The largest absolute Gasteiger partial charge is 0.463 e. The van der Waals surface area contributed by atoms with Crippen molar-refractivity contribution in [2.45, 2.75) is 192 Å². The number of ether oxygens (including phenoxy) is 2. The van der Waals surface area contributed by atoms with Crippen LogP contribution in [0.25, 0.3) is 0 Å². The van der Waals surface area contributed by atoms with Crippen molar-refractivity contribution in [1.82, 2.24) is 0 Å². The van der Waals surface area contributed by atoms with Crippen molar-refractivity contribution in [2.75, 3.05) is 19.8 Å². The second-order valence-electron chi connectivity index (χ2n) is 12.0. The van der Waals surface area contributed by atoms with Gasteiger partial charge in [-0.1, -0.05) is 149 Å². The van der Waals surface area contributed by atoms with E-state index in [0.717, 1.165) is 25.7 Å². The van der Waals surface area contributed by atoms with Crippen molar-refractivity contribution in [1.29, 1.82) is 0 Å². The monoisotopic (exact) mass is 588 g/mol. The van der Waals surface area contributed by atoms with Crippen LogP contribution in [0.4, 0.5) is 0 Å². The first kappa shape index (κ1) is 40.3. The fourth-order valence-corrected chi connectivity index (χ4v) is 5.20. The van der Waals surface area contributed by atoms with Gasteiger partial charge in [0.2, 0.25) is 0 Å². The van der Waals surface area contributed by atoms with Gasteiger partial charge in [0, 0.05) is 13.0 Å². The van der Waals surface area contributed by atoms with E-state index < -0.39 is 24.4 Å². The Morgan fingerprint density at radius 2 is 1.07 bits per heavy atom. The molecule has 1 rings (SSSR count). The summed E-state index contributed by atoms with van der Waals surface area (Å²) in [6.45, 7) is 4.63. The Bertz CT molecular complexity index is 531. The molecule has 7 nitrogen and oxygen atoms in total. The predicted octanol–water partition coefficient (Wildman–Crippen LogP) is 7.39. The van der Waals surface area contributed by atoms with Crippen LogP contribution < -0.4 is 0 Å². The molecule has 0 spiro atoms. The quantitative estimate of drug-likeness (QED) is 0.0584. The zero-order valence-electron chi connectivity index (χ0n) is 26.9. The second kappa shape index (κ2) is 30.7. The zero-order valence-corrected chi connectivity index (χ0v) is 26.9. The number of rotatable bonds is 27. The highest BCUT2D eigenvalue weighted by Crippen LogP contribution is 2.18. The molecule has 1 heterocycles. The average molecular weight is 589 g/mol. The first-order valence-corrected chi connectivity index (χ1v) is 17.4. The van der Waals surface area contributed by atoms with Crippen LogP contribution in [0, 0.1) is 0 Å². The summed E-state index contributed by atoms with van der Waals surface area (Å²) < 4.78 is 10.1. The third kappa shape index (κ3) is 25.5. The number of hydrogen-bond donors (Lipinski definition) is 4. The summed E-state index contributed by atoms with van der Waals surface area (Å²) in [5.41, 5.74) is 0. The minimum atomic E-state index is -1.14. The van der Waals surface area contributed by atoms with Crippen molar-refractivity contribution < 1.29 is 34.7 Å². The van der Waals surface area contributed by atoms with E-state index in [1.54, 1.807) is 0 Å². The van der Waals surface area contributed by atoms with Crippen molar-refractivity contribution in [3.8, 4) is 0 Å². The molecule has 1 fully saturated rings. The number of esters is 1. The van der Waals surface area contributed by atoms with Gasteiger partial charge in [-0.3, -0.25) is 4.79 Å². The van der Waals surface area contributed by atoms with Crippen LogP contribution in [0.5, 0.6) is 0 Å². The van der Waals surface area contributed by atoms with Gasteiger partial charge in [0.05, 0.1) is 6.61 Å². The Balaban J connectivity index is 0.000000831. The standard InChI is InChI=1S/C18H34O6.C16H34O/c1-2-3-4-5-6-7-8-9-10-11-16(21)23-13-15(20)18-17(22)14(19)12-24-18;1-2-3-4-5-6-7-8-9-10-11-12-13-14-15-16-17/h14-15,17-20,22H,2-13H2,1H3;17H,2-16H2,1H3/t14-,15+,17+,18+;/m0./s1. The molecule has 41 heavy (non-hydrogen) atoms. The van der Waals surface area contributed by atoms with Crippen LogP contribution in [0.3, 0.4) is 0 Å². The summed E-state index contributed by atoms with van der Waals surface area (Å²) in [6, 6.07) is 0. The molecule has 0 amide bonds. The molecule has 0 aliphatic carbocycles. The molecule has 0 unspecified atom stereocenters. The van der Waals surface area contributed by atoms with E-state index in [0.29, 0.717) is 13.0 Å². The summed E-state index contributed by atoms with van der Waals surface area (Å²) in [5, 5.41) is 37.4. The lowest BCUT2D eigenvalue weighted by molar-refractivity contribution is -0.151. The van der Waals surface area contributed by atoms with Gasteiger partial charge in [0.25, 0.3) is 0 Å². The van der Waals surface area contributed by atoms with Gasteiger partial charge in [-0.2, -0.15) is 0 Å². The first-order valence-electron chi connectivity index (χ1n) is 17.4. The summed E-state index contributed by atoms with van der Waals surface area (Å²) >= 11 is 0. The van der Waals surface area contributed by atoms with Crippen molar-refractivity contribution in [3.05, 3.63) is 0 Å². The molecule has 0 bridgehead atoms. The number of hydrogen-bond acceptors (Lipinski definition) is 7. The number of carbonyl (C=O) groups is 1. The normalized spacial score (nSPS) is 19.1. The average Bonchev–Trinajstić information content (AvgIpc) is 3.31. The Morgan fingerprint density at radius 1 is 0.683 bits per heavy atom. The van der Waals surface area contributed by atoms with Gasteiger partial charge in [-0.15, -0.1) is 0 Å². The molecule has 246 valence electrons. The maximum atomic E-state index is 11.6. The Kier molecular flexibility index (Phi) is 30.2. The van der Waals surface area contributed by atoms with E-state index in [1.165, 1.54) is 122 Å². The summed E-state index contributed by atoms with van der Waals surface area (Å²) in [5.74, 6) is -0.343. The molecule has 0 aromatic heterocycles. The second-order valence-corrected chi connectivity index (χ2v) is 12.0. The molecule has 0 aromatic carbocycles. The molecule has 1 saturated heterocycles. The van der Waals surface area contributed by atoms with Gasteiger partial charge in [-0.25, -0.2) is 0 Å². The van der Waals surface area contributed by atoms with Crippen LogP contribution in [-0.2, 0) is 14.3 Å². The van der Waals surface area contributed by atoms with Crippen molar-refractivity contribution in [2.24, 2.45) is 0 Å². The van der Waals surface area contributed by atoms with Gasteiger partial charge >= 0.3 is 5.97 Å². The van der Waals surface area contributed by atoms with Crippen LogP contribution in [0.15, 0.2) is 0 Å². The van der Waals surface area contributed by atoms with E-state index in [2.05, 4.69) is 13.8 Å². The van der Waals surface area contributed by atoms with Gasteiger partial charge < -0.3 is 29.9 Å². The lowest BCUT2D eigenvalue weighted by Gasteiger charge is -2.20. The lowest BCUT2D eigenvalue weighted by Crippen LogP contribution is -2.41. The van der Waals surface area contributed by atoms with Gasteiger partial charge in [0.1, 0.15) is 31.0 Å². The highest BCUT2D eigenvalue weighted by Gasteiger charge is 2.39. The Morgan fingerprint density at radius 3 is 1.44 bits per heavy atom. The molecule has 0 aromatic rings. The molecule has 0 saturated carbocycles. The van der Waals surface area contributed by atoms with E-state index >= 15 is 0 Å². The Labute approximate surface area is 252 Å². The van der Waals surface area contributed by atoms with Crippen molar-refractivity contribution >= 4 is 5.97 Å². The number of aliphatic hydroxyl groups excluding tert-OH is 4. The van der Waals surface area contributed by atoms with E-state index in [9.17, 15) is 20.1 Å². The minimum Gasteiger partial charge on any atom is -0.463 e. The van der Waals surface area contributed by atoms with Crippen molar-refractivity contribution in [3.63, 3.8) is 0 Å². The summed E-state index contributed by atoms with van der Waals surface area (Å²) in [4.78, 5) is 11.6. The molecule has 0 radical (unpaired) electrons. The molecule has 7 heteroatoms. The summed E-state index contributed by atoms with van der Waals surface area (Å²) in [6.07, 6.45) is 26.0.